The third kappa shape index (κ3) is 5.44. The molecular weight excluding hydrogens is 478 g/mol. The summed E-state index contributed by atoms with van der Waals surface area (Å²) in [5.41, 5.74) is 2.15. The Balaban J connectivity index is 0.000000349. The van der Waals surface area contributed by atoms with Crippen molar-refractivity contribution in [3.05, 3.63) is 12.2 Å². The van der Waals surface area contributed by atoms with Gasteiger partial charge in [-0.3, -0.25) is 4.79 Å². The first-order valence-electron chi connectivity index (χ1n) is 13.4. The molecule has 0 radical (unpaired) electrons. The van der Waals surface area contributed by atoms with Crippen LogP contribution in [-0.4, -0.2) is 63.8 Å². The number of Topliss-reactive ketones (excluding diaryl/α,β-unsaturated/α-hetero) is 1. The molecule has 0 bridgehead atoms. The fraction of sp³-hybridized carbons (Fsp3) is 0.741. The van der Waals surface area contributed by atoms with Gasteiger partial charge in [0.05, 0.1) is 11.4 Å². The van der Waals surface area contributed by atoms with Crippen LogP contribution in [0.2, 0.25) is 0 Å². The topological polar surface area (TPSA) is 158 Å². The van der Waals surface area contributed by atoms with E-state index in [4.69, 9.17) is 15.1 Å². The second-order valence-corrected chi connectivity index (χ2v) is 11.7. The highest BCUT2D eigenvalue weighted by atomic mass is 16.6. The molecule has 5 aliphatic rings. The van der Waals surface area contributed by atoms with Crippen molar-refractivity contribution in [2.45, 2.75) is 77.7 Å². The lowest BCUT2D eigenvalue weighted by molar-refractivity contribution is -0.134. The second kappa shape index (κ2) is 10.9. The fourth-order valence-corrected chi connectivity index (χ4v) is 7.74. The number of rotatable bonds is 4. The summed E-state index contributed by atoms with van der Waals surface area (Å²) in [5.74, 6) is -0.495. The molecule has 0 amide bonds. The molecule has 0 aromatic rings. The molecule has 10 nitrogen and oxygen atoms in total. The van der Waals surface area contributed by atoms with Gasteiger partial charge < -0.3 is 25.6 Å². The number of hydrogen-bond acceptors (Lipinski definition) is 8. The molecular formula is C27H39N3O7. The molecule has 4 aliphatic carbocycles. The lowest BCUT2D eigenvalue weighted by Crippen LogP contribution is -2.57. The Labute approximate surface area is 217 Å². The summed E-state index contributed by atoms with van der Waals surface area (Å²) in [6.45, 7) is 6.54. The normalized spacial score (nSPS) is 41.0. The molecule has 5 rings (SSSR count). The summed E-state index contributed by atoms with van der Waals surface area (Å²) in [5, 5.41) is 37.2. The van der Waals surface area contributed by atoms with E-state index in [9.17, 15) is 19.6 Å². The Morgan fingerprint density at radius 2 is 1.76 bits per heavy atom. The molecule has 1 saturated heterocycles. The van der Waals surface area contributed by atoms with E-state index in [2.05, 4.69) is 29.5 Å². The largest absolute Gasteiger partial charge is 0.478 e. The Bertz CT molecular complexity index is 986. The number of aliphatic carboxylic acids is 2. The number of hydrogen-bond donors (Lipinski definition) is 4. The molecule has 1 unspecified atom stereocenters. The molecule has 1 heterocycles. The van der Waals surface area contributed by atoms with Gasteiger partial charge in [-0.25, -0.2) is 9.59 Å². The predicted molar refractivity (Wildman–Crippen MR) is 136 cm³/mol. The SMILES string of the molecule is C[C@]12CC/C(=N\O[C@@H]3CCNC3)CC1C/C(=N/O)[C@@H]1[C@@H]2CC[C@]2(C)C(=O)CC[C@@H]12.O=C(O)/C=C/C(=O)O. The zero-order chi connectivity index (χ0) is 26.8. The van der Waals surface area contributed by atoms with Crippen molar-refractivity contribution < 1.29 is 34.6 Å². The molecule has 4 N–H and O–H groups in total. The minimum absolute atomic E-state index is 0.204. The standard InChI is InChI=1S/C23H35N3O3.C4H4O4/c1-22-8-5-15(26-29-16-7-10-24-13-16)11-14(22)12-19(25-28)21-17-3-4-20(27)23(17,2)9-6-18(21)22;5-3(6)1-2-4(7)8/h14,16-18,21,24,28H,3-13H2,1-2H3;1-2H,(H,5,6)(H,7,8)/b25-19-,26-15+;2-1+/t14?,16-,17+,18+,21+,22+,23+;/m1./s1. The summed E-state index contributed by atoms with van der Waals surface area (Å²) in [7, 11) is 0. The maximum atomic E-state index is 12.6. The molecule has 0 aromatic carbocycles. The first kappa shape index (κ1) is 27.3. The van der Waals surface area contributed by atoms with Gasteiger partial charge in [0.15, 0.2) is 0 Å². The molecule has 0 spiro atoms. The van der Waals surface area contributed by atoms with Gasteiger partial charge in [0.1, 0.15) is 11.9 Å². The second-order valence-electron chi connectivity index (χ2n) is 11.7. The van der Waals surface area contributed by atoms with Crippen LogP contribution in [0.4, 0.5) is 0 Å². The van der Waals surface area contributed by atoms with Crippen molar-refractivity contribution >= 4 is 29.1 Å². The first-order valence-corrected chi connectivity index (χ1v) is 13.4. The van der Waals surface area contributed by atoms with Crippen LogP contribution < -0.4 is 5.32 Å². The number of carboxylic acid groups (broad SMARTS) is 2. The fourth-order valence-electron chi connectivity index (χ4n) is 7.74. The number of carboxylic acids is 2. The van der Waals surface area contributed by atoms with Crippen LogP contribution in [0, 0.1) is 34.5 Å². The molecule has 5 fully saturated rings. The summed E-state index contributed by atoms with van der Waals surface area (Å²) < 4.78 is 0. The highest BCUT2D eigenvalue weighted by molar-refractivity contribution is 5.94. The number of carbonyl (C=O) groups excluding carboxylic acids is 1. The molecule has 10 heteroatoms. The molecule has 37 heavy (non-hydrogen) atoms. The molecule has 1 aliphatic heterocycles. The van der Waals surface area contributed by atoms with Gasteiger partial charge in [-0.1, -0.05) is 24.2 Å². The van der Waals surface area contributed by atoms with Crippen molar-refractivity contribution in [1.29, 1.82) is 0 Å². The van der Waals surface area contributed by atoms with Gasteiger partial charge in [-0.2, -0.15) is 0 Å². The quantitative estimate of drug-likeness (QED) is 0.251. The van der Waals surface area contributed by atoms with Crippen LogP contribution in [0.15, 0.2) is 22.5 Å². The van der Waals surface area contributed by atoms with Crippen molar-refractivity contribution in [2.75, 3.05) is 13.1 Å². The maximum Gasteiger partial charge on any atom is 0.328 e. The lowest BCUT2D eigenvalue weighted by atomic mass is 9.45. The third-order valence-corrected chi connectivity index (χ3v) is 9.88. The number of fused-ring (bicyclic) bond motifs is 5. The van der Waals surface area contributed by atoms with Crippen molar-refractivity contribution in [1.82, 2.24) is 5.32 Å². The minimum atomic E-state index is -1.26. The predicted octanol–water partition coefficient (Wildman–Crippen LogP) is 3.48. The van der Waals surface area contributed by atoms with E-state index in [0.29, 0.717) is 42.1 Å². The van der Waals surface area contributed by atoms with Crippen LogP contribution in [-0.2, 0) is 19.2 Å². The zero-order valence-electron chi connectivity index (χ0n) is 21.7. The van der Waals surface area contributed by atoms with Crippen molar-refractivity contribution in [3.63, 3.8) is 0 Å². The average molecular weight is 518 g/mol. The number of carbonyl (C=O) groups is 3. The molecule has 204 valence electrons. The Kier molecular flexibility index (Phi) is 8.06. The van der Waals surface area contributed by atoms with Gasteiger partial charge in [-0.15, -0.1) is 0 Å². The van der Waals surface area contributed by atoms with Gasteiger partial charge in [0.2, 0.25) is 0 Å². The Morgan fingerprint density at radius 3 is 2.38 bits per heavy atom. The van der Waals surface area contributed by atoms with Crippen LogP contribution in [0.3, 0.4) is 0 Å². The number of nitrogens with one attached hydrogen (secondary N) is 1. The molecule has 4 saturated carbocycles. The van der Waals surface area contributed by atoms with Gasteiger partial charge >= 0.3 is 11.9 Å². The monoisotopic (exact) mass is 517 g/mol. The van der Waals surface area contributed by atoms with E-state index in [-0.39, 0.29) is 22.9 Å². The first-order chi connectivity index (χ1) is 17.6. The maximum absolute atomic E-state index is 12.6. The molecule has 7 atom stereocenters. The summed E-state index contributed by atoms with van der Waals surface area (Å²) in [4.78, 5) is 37.6. The van der Waals surface area contributed by atoms with Crippen LogP contribution >= 0.6 is 0 Å². The van der Waals surface area contributed by atoms with Gasteiger partial charge in [0.25, 0.3) is 0 Å². The highest BCUT2D eigenvalue weighted by Gasteiger charge is 2.62. The number of oxime groups is 2. The number of nitrogens with zero attached hydrogens (tertiary/aromatic N) is 2. The lowest BCUT2D eigenvalue weighted by Gasteiger charge is -2.59. The average Bonchev–Trinajstić information content (AvgIpc) is 3.49. The van der Waals surface area contributed by atoms with Gasteiger partial charge in [-0.05, 0) is 74.7 Å². The van der Waals surface area contributed by atoms with E-state index in [0.717, 1.165) is 70.2 Å². The van der Waals surface area contributed by atoms with E-state index < -0.39 is 11.9 Å². The summed E-state index contributed by atoms with van der Waals surface area (Å²) in [6, 6.07) is 0. The van der Waals surface area contributed by atoms with E-state index in [1.54, 1.807) is 0 Å². The van der Waals surface area contributed by atoms with Crippen LogP contribution in [0.5, 0.6) is 0 Å². The third-order valence-electron chi connectivity index (χ3n) is 9.88. The van der Waals surface area contributed by atoms with Gasteiger partial charge in [0, 0.05) is 42.9 Å². The van der Waals surface area contributed by atoms with Crippen molar-refractivity contribution in [3.8, 4) is 0 Å². The smallest absolute Gasteiger partial charge is 0.328 e. The Hall–Kier alpha value is -2.75. The summed E-state index contributed by atoms with van der Waals surface area (Å²) in [6.07, 6.45) is 9.99. The number of ketones is 1. The van der Waals surface area contributed by atoms with Crippen LogP contribution in [0.1, 0.15) is 71.6 Å². The van der Waals surface area contributed by atoms with E-state index in [1.165, 1.54) is 5.71 Å². The minimum Gasteiger partial charge on any atom is -0.478 e. The summed E-state index contributed by atoms with van der Waals surface area (Å²) >= 11 is 0. The van der Waals surface area contributed by atoms with Crippen LogP contribution in [0.25, 0.3) is 0 Å². The van der Waals surface area contributed by atoms with Crippen molar-refractivity contribution in [2.24, 2.45) is 44.8 Å². The Morgan fingerprint density at radius 1 is 1.03 bits per heavy atom. The van der Waals surface area contributed by atoms with E-state index in [1.807, 2.05) is 0 Å². The highest BCUT2D eigenvalue weighted by Crippen LogP contribution is 2.64. The van der Waals surface area contributed by atoms with E-state index >= 15 is 0 Å². The molecule has 0 aromatic heterocycles. The zero-order valence-corrected chi connectivity index (χ0v) is 21.7.